The third kappa shape index (κ3) is 3.23. The van der Waals surface area contributed by atoms with Crippen LogP contribution < -0.4 is 16.0 Å². The molecule has 1 fully saturated rings. The number of nitrogens with two attached hydrogens (primary N) is 1. The Bertz CT molecular complexity index is 428. The molecule has 0 spiro atoms. The molecule has 106 valence electrons. The van der Waals surface area contributed by atoms with Crippen LogP contribution in [0.5, 0.6) is 0 Å². The molecule has 19 heavy (non-hydrogen) atoms. The van der Waals surface area contributed by atoms with Crippen molar-refractivity contribution in [3.05, 3.63) is 5.89 Å². The van der Waals surface area contributed by atoms with Crippen molar-refractivity contribution in [1.29, 1.82) is 0 Å². The molecule has 7 nitrogen and oxygen atoms in total. The number of rotatable bonds is 6. The maximum Gasteiger partial charge on any atom is 0.318 e. The molecule has 0 aliphatic heterocycles. The fraction of sp³-hybridized carbons (Fsp3) is 0.750. The molecule has 0 saturated heterocycles. The van der Waals surface area contributed by atoms with Gasteiger partial charge in [0.25, 0.3) is 0 Å². The van der Waals surface area contributed by atoms with Crippen molar-refractivity contribution < 1.29 is 9.21 Å². The van der Waals surface area contributed by atoms with Crippen molar-refractivity contribution in [2.45, 2.75) is 44.7 Å². The predicted octanol–water partition coefficient (Wildman–Crippen LogP) is 0.584. The first-order valence-corrected chi connectivity index (χ1v) is 6.67. The molecule has 1 heterocycles. The molecule has 7 heteroatoms. The van der Waals surface area contributed by atoms with Gasteiger partial charge in [0.15, 0.2) is 0 Å². The van der Waals surface area contributed by atoms with E-state index in [2.05, 4.69) is 15.5 Å². The smallest absolute Gasteiger partial charge is 0.318 e. The van der Waals surface area contributed by atoms with Crippen LogP contribution in [-0.2, 0) is 4.79 Å². The van der Waals surface area contributed by atoms with Gasteiger partial charge in [0.2, 0.25) is 11.8 Å². The summed E-state index contributed by atoms with van der Waals surface area (Å²) in [6.45, 7) is 2.06. The molecular weight excluding hydrogens is 246 g/mol. The quantitative estimate of drug-likeness (QED) is 0.782. The lowest BCUT2D eigenvalue weighted by Gasteiger charge is -2.25. The van der Waals surface area contributed by atoms with Crippen molar-refractivity contribution in [2.75, 3.05) is 18.5 Å². The number of hydrogen-bond acceptors (Lipinski definition) is 6. The zero-order chi connectivity index (χ0) is 13.8. The molecule has 1 saturated carbocycles. The lowest BCUT2D eigenvalue weighted by Crippen LogP contribution is -2.40. The Labute approximate surface area is 112 Å². The zero-order valence-corrected chi connectivity index (χ0v) is 11.4. The summed E-state index contributed by atoms with van der Waals surface area (Å²) in [7, 11) is 1.83. The Balaban J connectivity index is 2.17. The van der Waals surface area contributed by atoms with E-state index in [9.17, 15) is 4.79 Å². The predicted molar refractivity (Wildman–Crippen MR) is 70.6 cm³/mol. The third-order valence-corrected chi connectivity index (χ3v) is 3.57. The topological polar surface area (TPSA) is 97.3 Å². The summed E-state index contributed by atoms with van der Waals surface area (Å²) in [6.07, 6.45) is 4.39. The minimum Gasteiger partial charge on any atom is -0.406 e. The van der Waals surface area contributed by atoms with Crippen LogP contribution in [0.3, 0.4) is 0 Å². The summed E-state index contributed by atoms with van der Waals surface area (Å²) < 4.78 is 5.65. The van der Waals surface area contributed by atoms with Gasteiger partial charge in [-0.05, 0) is 26.8 Å². The Hall–Kier alpha value is -1.63. The summed E-state index contributed by atoms with van der Waals surface area (Å²) in [5.74, 6) is 0.137. The number of nitrogens with zero attached hydrogens (tertiary/aromatic N) is 3. The molecule has 1 atom stereocenters. The van der Waals surface area contributed by atoms with Crippen LogP contribution in [-0.4, -0.2) is 35.7 Å². The van der Waals surface area contributed by atoms with Crippen molar-refractivity contribution >= 4 is 11.9 Å². The number of hydrogen-bond donors (Lipinski definition) is 2. The fourth-order valence-corrected chi connectivity index (χ4v) is 2.38. The van der Waals surface area contributed by atoms with Gasteiger partial charge in [0.1, 0.15) is 6.54 Å². The lowest BCUT2D eigenvalue weighted by molar-refractivity contribution is -0.116. The average Bonchev–Trinajstić information content (AvgIpc) is 3.05. The lowest BCUT2D eigenvalue weighted by atomic mass is 10.2. The molecule has 0 aromatic carbocycles. The summed E-state index contributed by atoms with van der Waals surface area (Å²) in [5, 5.41) is 11.1. The first-order valence-electron chi connectivity index (χ1n) is 6.67. The van der Waals surface area contributed by atoms with Gasteiger partial charge in [0.05, 0.1) is 6.04 Å². The van der Waals surface area contributed by atoms with E-state index in [1.54, 1.807) is 0 Å². The summed E-state index contributed by atoms with van der Waals surface area (Å²) in [6, 6.07) is 0.647. The largest absolute Gasteiger partial charge is 0.406 e. The molecule has 2 rings (SSSR count). The van der Waals surface area contributed by atoms with E-state index in [1.807, 2.05) is 18.9 Å². The normalized spacial score (nSPS) is 17.6. The van der Waals surface area contributed by atoms with Crippen LogP contribution in [0, 0.1) is 0 Å². The number of aromatic nitrogens is 2. The van der Waals surface area contributed by atoms with Gasteiger partial charge >= 0.3 is 6.01 Å². The van der Waals surface area contributed by atoms with Crippen molar-refractivity contribution in [3.8, 4) is 0 Å². The Morgan fingerprint density at radius 1 is 1.53 bits per heavy atom. The fourth-order valence-electron chi connectivity index (χ4n) is 2.38. The van der Waals surface area contributed by atoms with Crippen LogP contribution in [0.2, 0.25) is 0 Å². The number of amides is 1. The molecule has 1 aromatic rings. The third-order valence-electron chi connectivity index (χ3n) is 3.57. The van der Waals surface area contributed by atoms with Gasteiger partial charge in [0, 0.05) is 6.04 Å². The highest BCUT2D eigenvalue weighted by Gasteiger charge is 2.28. The van der Waals surface area contributed by atoms with Gasteiger partial charge in [-0.3, -0.25) is 4.79 Å². The highest BCUT2D eigenvalue weighted by molar-refractivity contribution is 5.78. The van der Waals surface area contributed by atoms with Crippen LogP contribution in [0.4, 0.5) is 6.01 Å². The number of carbonyl (C=O) groups excluding carboxylic acids is 1. The number of nitrogens with one attached hydrogen (secondary N) is 1. The first kappa shape index (κ1) is 13.8. The van der Waals surface area contributed by atoms with Gasteiger partial charge in [-0.1, -0.05) is 17.9 Å². The summed E-state index contributed by atoms with van der Waals surface area (Å²) >= 11 is 0. The van der Waals surface area contributed by atoms with E-state index >= 15 is 0 Å². The molecule has 1 unspecified atom stereocenters. The van der Waals surface area contributed by atoms with Crippen molar-refractivity contribution in [3.63, 3.8) is 0 Å². The molecule has 1 amide bonds. The molecule has 1 aliphatic carbocycles. The van der Waals surface area contributed by atoms with Crippen LogP contribution in [0.15, 0.2) is 4.42 Å². The first-order chi connectivity index (χ1) is 9.11. The van der Waals surface area contributed by atoms with E-state index in [0.717, 1.165) is 25.7 Å². The van der Waals surface area contributed by atoms with Crippen LogP contribution in [0.1, 0.15) is 44.5 Å². The standard InChI is InChI=1S/C12H21N5O2/c1-8(14-2)11-15-16-12(19-11)17(7-10(13)18)9-5-3-4-6-9/h8-9,14H,3-7H2,1-2H3,(H2,13,18). The molecule has 0 radical (unpaired) electrons. The zero-order valence-electron chi connectivity index (χ0n) is 11.4. The van der Waals surface area contributed by atoms with E-state index in [1.165, 1.54) is 0 Å². The highest BCUT2D eigenvalue weighted by atomic mass is 16.4. The average molecular weight is 267 g/mol. The molecule has 1 aliphatic rings. The highest BCUT2D eigenvalue weighted by Crippen LogP contribution is 2.28. The van der Waals surface area contributed by atoms with Gasteiger partial charge in [-0.15, -0.1) is 5.10 Å². The van der Waals surface area contributed by atoms with Crippen LogP contribution >= 0.6 is 0 Å². The summed E-state index contributed by atoms with van der Waals surface area (Å²) in [5.41, 5.74) is 5.31. The minimum atomic E-state index is -0.381. The van der Waals surface area contributed by atoms with E-state index in [4.69, 9.17) is 10.2 Å². The summed E-state index contributed by atoms with van der Waals surface area (Å²) in [4.78, 5) is 13.1. The molecular formula is C12H21N5O2. The number of anilines is 1. The molecule has 3 N–H and O–H groups in total. The Morgan fingerprint density at radius 3 is 2.79 bits per heavy atom. The number of primary amides is 1. The van der Waals surface area contributed by atoms with Crippen LogP contribution in [0.25, 0.3) is 0 Å². The number of carbonyl (C=O) groups is 1. The van der Waals surface area contributed by atoms with Crippen molar-refractivity contribution in [2.24, 2.45) is 5.73 Å². The minimum absolute atomic E-state index is 0.0137. The Kier molecular flexibility index (Phi) is 4.36. The molecule has 0 bridgehead atoms. The SMILES string of the molecule is CNC(C)c1nnc(N(CC(N)=O)C2CCCC2)o1. The van der Waals surface area contributed by atoms with E-state index < -0.39 is 0 Å². The second-order valence-corrected chi connectivity index (χ2v) is 4.97. The maximum atomic E-state index is 11.2. The van der Waals surface area contributed by atoms with E-state index in [0.29, 0.717) is 11.9 Å². The second-order valence-electron chi connectivity index (χ2n) is 4.97. The second kappa shape index (κ2) is 6.01. The molecule has 1 aromatic heterocycles. The van der Waals surface area contributed by atoms with Gasteiger partial charge in [-0.2, -0.15) is 0 Å². The van der Waals surface area contributed by atoms with Gasteiger partial charge in [-0.25, -0.2) is 0 Å². The van der Waals surface area contributed by atoms with Gasteiger partial charge < -0.3 is 20.4 Å². The monoisotopic (exact) mass is 267 g/mol. The van der Waals surface area contributed by atoms with E-state index in [-0.39, 0.29) is 24.5 Å². The van der Waals surface area contributed by atoms with Crippen molar-refractivity contribution in [1.82, 2.24) is 15.5 Å². The Morgan fingerprint density at radius 2 is 2.21 bits per heavy atom. The maximum absolute atomic E-state index is 11.2.